The topological polar surface area (TPSA) is 99.5 Å². The van der Waals surface area contributed by atoms with Gasteiger partial charge in [0.15, 0.2) is 6.61 Å². The molecule has 0 atom stereocenters. The normalized spacial score (nSPS) is 14.7. The Hall–Kier alpha value is -3.57. The minimum atomic E-state index is -0.509. The van der Waals surface area contributed by atoms with Gasteiger partial charge in [-0.2, -0.15) is 5.26 Å². The first-order valence-electron chi connectivity index (χ1n) is 9.09. The van der Waals surface area contributed by atoms with Crippen molar-refractivity contribution in [3.63, 3.8) is 0 Å². The van der Waals surface area contributed by atoms with Gasteiger partial charge < -0.3 is 10.1 Å². The second kappa shape index (κ2) is 9.29. The molecule has 1 saturated heterocycles. The fourth-order valence-electron chi connectivity index (χ4n) is 2.85. The van der Waals surface area contributed by atoms with Crippen molar-refractivity contribution in [2.75, 3.05) is 18.5 Å². The molecule has 0 bridgehead atoms. The Labute approximate surface area is 178 Å². The van der Waals surface area contributed by atoms with Crippen LogP contribution in [0.5, 0.6) is 5.75 Å². The molecule has 2 aromatic carbocycles. The molecule has 7 nitrogen and oxygen atoms in total. The van der Waals surface area contributed by atoms with E-state index in [9.17, 15) is 14.4 Å². The first-order chi connectivity index (χ1) is 14.4. The van der Waals surface area contributed by atoms with Crippen LogP contribution in [0.2, 0.25) is 0 Å². The molecule has 1 N–H and O–H groups in total. The molecule has 3 amide bonds. The van der Waals surface area contributed by atoms with Crippen LogP contribution in [-0.4, -0.2) is 35.1 Å². The zero-order chi connectivity index (χ0) is 21.7. The standard InChI is InChI=1S/C22H19N3O4S/c1-14-3-8-18(15(2)11-14)24-20(26)13-25-21(27)19(30-22(25)28)12-16-4-6-17(7-5-16)29-10-9-23/h3-8,11-12H,10,13H2,1-2H3,(H,24,26)/b19-12-. The smallest absolute Gasteiger partial charge is 0.294 e. The van der Waals surface area contributed by atoms with Crippen LogP contribution in [0.25, 0.3) is 6.08 Å². The third-order valence-corrected chi connectivity index (χ3v) is 5.22. The van der Waals surface area contributed by atoms with Gasteiger partial charge in [0.2, 0.25) is 5.91 Å². The van der Waals surface area contributed by atoms with Gasteiger partial charge in [-0.15, -0.1) is 0 Å². The van der Waals surface area contributed by atoms with E-state index in [-0.39, 0.29) is 18.1 Å². The average Bonchev–Trinajstić information content (AvgIpc) is 2.97. The van der Waals surface area contributed by atoms with Crippen molar-refractivity contribution in [1.82, 2.24) is 4.90 Å². The monoisotopic (exact) mass is 421 g/mol. The molecule has 1 aliphatic rings. The molecule has 1 fully saturated rings. The first-order valence-corrected chi connectivity index (χ1v) is 9.91. The van der Waals surface area contributed by atoms with E-state index in [4.69, 9.17) is 10.00 Å². The number of carbonyl (C=O) groups is 3. The molecular weight excluding hydrogens is 402 g/mol. The van der Waals surface area contributed by atoms with Gasteiger partial charge >= 0.3 is 0 Å². The van der Waals surface area contributed by atoms with Crippen molar-refractivity contribution in [3.05, 3.63) is 64.1 Å². The molecule has 0 unspecified atom stereocenters. The van der Waals surface area contributed by atoms with Gasteiger partial charge in [0, 0.05) is 5.69 Å². The highest BCUT2D eigenvalue weighted by Crippen LogP contribution is 2.32. The zero-order valence-corrected chi connectivity index (χ0v) is 17.3. The third kappa shape index (κ3) is 5.07. The molecule has 0 aromatic heterocycles. The molecule has 0 radical (unpaired) electrons. The predicted molar refractivity (Wildman–Crippen MR) is 115 cm³/mol. The molecule has 3 rings (SSSR count). The Bertz CT molecular complexity index is 1070. The summed E-state index contributed by atoms with van der Waals surface area (Å²) in [5.74, 6) is -0.417. The van der Waals surface area contributed by atoms with Crippen molar-refractivity contribution in [3.8, 4) is 11.8 Å². The molecular formula is C22H19N3O4S. The van der Waals surface area contributed by atoms with Gasteiger partial charge in [0.1, 0.15) is 18.4 Å². The summed E-state index contributed by atoms with van der Waals surface area (Å²) in [7, 11) is 0. The summed E-state index contributed by atoms with van der Waals surface area (Å²) in [6.45, 7) is 3.43. The molecule has 30 heavy (non-hydrogen) atoms. The highest BCUT2D eigenvalue weighted by molar-refractivity contribution is 8.18. The number of nitriles is 1. The van der Waals surface area contributed by atoms with Crippen LogP contribution in [0.4, 0.5) is 10.5 Å². The molecule has 8 heteroatoms. The first kappa shape index (κ1) is 21.1. The van der Waals surface area contributed by atoms with Crippen LogP contribution in [0.1, 0.15) is 16.7 Å². The number of anilines is 1. The highest BCUT2D eigenvalue weighted by atomic mass is 32.2. The maximum atomic E-state index is 12.6. The van der Waals surface area contributed by atoms with Crippen LogP contribution < -0.4 is 10.1 Å². The summed E-state index contributed by atoms with van der Waals surface area (Å²) < 4.78 is 5.18. The lowest BCUT2D eigenvalue weighted by Gasteiger charge is -2.14. The van der Waals surface area contributed by atoms with Crippen LogP contribution in [-0.2, 0) is 9.59 Å². The summed E-state index contributed by atoms with van der Waals surface area (Å²) in [6, 6.07) is 14.3. The fourth-order valence-corrected chi connectivity index (χ4v) is 3.69. The summed E-state index contributed by atoms with van der Waals surface area (Å²) in [5.41, 5.74) is 3.32. The quantitative estimate of drug-likeness (QED) is 0.711. The van der Waals surface area contributed by atoms with Crippen molar-refractivity contribution < 1.29 is 19.1 Å². The van der Waals surface area contributed by atoms with E-state index in [1.165, 1.54) is 0 Å². The fraction of sp³-hybridized carbons (Fsp3) is 0.182. The highest BCUT2D eigenvalue weighted by Gasteiger charge is 2.36. The van der Waals surface area contributed by atoms with Crippen LogP contribution in [0.3, 0.4) is 0 Å². The van der Waals surface area contributed by atoms with E-state index in [2.05, 4.69) is 5.32 Å². The summed E-state index contributed by atoms with van der Waals surface area (Å²) in [5, 5.41) is 10.8. The number of ether oxygens (including phenoxy) is 1. The van der Waals surface area contributed by atoms with E-state index in [1.807, 2.05) is 32.0 Å². The molecule has 2 aromatic rings. The summed E-state index contributed by atoms with van der Waals surface area (Å²) >= 11 is 0.792. The number of amides is 3. The second-order valence-electron chi connectivity index (χ2n) is 6.65. The minimum absolute atomic E-state index is 0.0532. The Kier molecular flexibility index (Phi) is 6.54. The van der Waals surface area contributed by atoms with E-state index in [0.717, 1.165) is 27.8 Å². The Balaban J connectivity index is 1.66. The number of imide groups is 1. The summed E-state index contributed by atoms with van der Waals surface area (Å²) in [6.07, 6.45) is 1.58. The number of thioether (sulfide) groups is 1. The maximum Gasteiger partial charge on any atom is 0.294 e. The minimum Gasteiger partial charge on any atom is -0.479 e. The number of nitrogens with zero attached hydrogens (tertiary/aromatic N) is 2. The van der Waals surface area contributed by atoms with Gasteiger partial charge in [-0.3, -0.25) is 19.3 Å². The predicted octanol–water partition coefficient (Wildman–Crippen LogP) is 3.88. The van der Waals surface area contributed by atoms with Gasteiger partial charge in [-0.1, -0.05) is 29.8 Å². The average molecular weight is 421 g/mol. The SMILES string of the molecule is Cc1ccc(NC(=O)CN2C(=O)S/C(=C\c3ccc(OCC#N)cc3)C2=O)c(C)c1. The molecule has 1 aliphatic heterocycles. The van der Waals surface area contributed by atoms with Crippen LogP contribution in [0.15, 0.2) is 47.4 Å². The maximum absolute atomic E-state index is 12.6. The molecule has 1 heterocycles. The van der Waals surface area contributed by atoms with Gasteiger partial charge in [0.25, 0.3) is 11.1 Å². The zero-order valence-electron chi connectivity index (χ0n) is 16.5. The number of hydrogen-bond donors (Lipinski definition) is 1. The van der Waals surface area contributed by atoms with E-state index >= 15 is 0 Å². The van der Waals surface area contributed by atoms with Crippen LogP contribution >= 0.6 is 11.8 Å². The Morgan fingerprint density at radius 2 is 1.93 bits per heavy atom. The van der Waals surface area contributed by atoms with Gasteiger partial charge in [-0.05, 0) is 61.0 Å². The third-order valence-electron chi connectivity index (χ3n) is 4.31. The number of rotatable bonds is 6. The van der Waals surface area contributed by atoms with Crippen molar-refractivity contribution >= 4 is 40.6 Å². The summed E-state index contributed by atoms with van der Waals surface area (Å²) in [4.78, 5) is 38.4. The molecule has 0 spiro atoms. The van der Waals surface area contributed by atoms with Crippen molar-refractivity contribution in [1.29, 1.82) is 5.26 Å². The van der Waals surface area contributed by atoms with Crippen molar-refractivity contribution in [2.45, 2.75) is 13.8 Å². The number of carbonyl (C=O) groups excluding carboxylic acids is 3. The molecule has 0 saturated carbocycles. The largest absolute Gasteiger partial charge is 0.479 e. The lowest BCUT2D eigenvalue weighted by atomic mass is 10.1. The van der Waals surface area contributed by atoms with E-state index < -0.39 is 17.1 Å². The van der Waals surface area contributed by atoms with Gasteiger partial charge in [0.05, 0.1) is 4.91 Å². The van der Waals surface area contributed by atoms with Gasteiger partial charge in [-0.25, -0.2) is 0 Å². The number of nitrogens with one attached hydrogen (secondary N) is 1. The Morgan fingerprint density at radius 1 is 1.20 bits per heavy atom. The molecule has 0 aliphatic carbocycles. The lowest BCUT2D eigenvalue weighted by Crippen LogP contribution is -2.36. The molecule has 152 valence electrons. The van der Waals surface area contributed by atoms with E-state index in [0.29, 0.717) is 17.0 Å². The number of hydrogen-bond acceptors (Lipinski definition) is 6. The second-order valence-corrected chi connectivity index (χ2v) is 7.64. The Morgan fingerprint density at radius 3 is 2.60 bits per heavy atom. The van der Waals surface area contributed by atoms with Crippen LogP contribution in [0, 0.1) is 25.2 Å². The number of benzene rings is 2. The van der Waals surface area contributed by atoms with E-state index in [1.54, 1.807) is 36.4 Å². The van der Waals surface area contributed by atoms with Crippen molar-refractivity contribution in [2.24, 2.45) is 0 Å². The number of aryl methyl sites for hydroxylation is 2. The lowest BCUT2D eigenvalue weighted by molar-refractivity contribution is -0.127.